The third kappa shape index (κ3) is 6.80. The molecule has 14 heteroatoms. The lowest BCUT2D eigenvalue weighted by molar-refractivity contribution is -0.178. The first-order valence-corrected chi connectivity index (χ1v) is 13.6. The van der Waals surface area contributed by atoms with Crippen LogP contribution in [-0.4, -0.2) is 127 Å². The molecule has 12 nitrogen and oxygen atoms in total. The lowest BCUT2D eigenvalue weighted by atomic mass is 9.88. The van der Waals surface area contributed by atoms with Gasteiger partial charge in [-0.2, -0.15) is 0 Å². The van der Waals surface area contributed by atoms with Crippen LogP contribution in [0, 0.1) is 5.41 Å². The summed E-state index contributed by atoms with van der Waals surface area (Å²) in [5.41, 5.74) is -3.24. The summed E-state index contributed by atoms with van der Waals surface area (Å²) in [6.45, 7) is 5.36. The Balaban J connectivity index is 2.16. The number of aliphatic hydroxyl groups excluding tert-OH is 6. The Morgan fingerprint density at radius 2 is 1.09 bits per heavy atom. The minimum Gasteiger partial charge on any atom is -0.394 e. The molecular weight excluding hydrogens is 504 g/mol. The summed E-state index contributed by atoms with van der Waals surface area (Å²) in [6, 6.07) is -2.12. The van der Waals surface area contributed by atoms with Gasteiger partial charge in [-0.1, -0.05) is 13.8 Å². The predicted octanol–water partition coefficient (Wildman–Crippen LogP) is -2.63. The van der Waals surface area contributed by atoms with E-state index >= 15 is 0 Å². The number of carbonyl (C=O) groups is 2. The van der Waals surface area contributed by atoms with Crippen molar-refractivity contribution in [3.8, 4) is 0 Å². The van der Waals surface area contributed by atoms with Crippen LogP contribution in [0.1, 0.15) is 27.7 Å². The standard InChI is InChI=1S/C21H38N2O10S2/c1-5-34-17-11(15(28)13(26)9(7-24)32-17)22-19(30)21(3,4)20(31)23-12-16(29)14(27)10(8-25)33-18(12)35-6-2/h9-18,24-29H,5-8H2,1-4H3,(H,22,30)(H,23,31)/t9-,10-,11-,12-,13-,14-,15-,16-,17+,18+/m1/s1. The molecular formula is C21H38N2O10S2. The van der Waals surface area contributed by atoms with E-state index in [4.69, 9.17) is 9.47 Å². The van der Waals surface area contributed by atoms with Crippen LogP contribution in [0.4, 0.5) is 0 Å². The van der Waals surface area contributed by atoms with Crippen molar-refractivity contribution in [2.75, 3.05) is 24.7 Å². The van der Waals surface area contributed by atoms with Gasteiger partial charge < -0.3 is 50.7 Å². The molecule has 2 fully saturated rings. The molecule has 2 amide bonds. The number of rotatable bonds is 10. The molecule has 0 bridgehead atoms. The monoisotopic (exact) mass is 542 g/mol. The highest BCUT2D eigenvalue weighted by Gasteiger charge is 2.49. The summed E-state index contributed by atoms with van der Waals surface area (Å²) in [5.74, 6) is -0.401. The largest absolute Gasteiger partial charge is 0.394 e. The lowest BCUT2D eigenvalue weighted by Gasteiger charge is -2.44. The summed E-state index contributed by atoms with van der Waals surface area (Å²) >= 11 is 2.53. The summed E-state index contributed by atoms with van der Waals surface area (Å²) < 4.78 is 11.3. The Morgan fingerprint density at radius 3 is 1.37 bits per heavy atom. The van der Waals surface area contributed by atoms with Crippen LogP contribution in [0.2, 0.25) is 0 Å². The highest BCUT2D eigenvalue weighted by Crippen LogP contribution is 2.31. The number of thioether (sulfide) groups is 2. The van der Waals surface area contributed by atoms with Gasteiger partial charge in [0.05, 0.1) is 25.3 Å². The Kier molecular flexibility index (Phi) is 11.5. The van der Waals surface area contributed by atoms with E-state index in [0.717, 1.165) is 0 Å². The van der Waals surface area contributed by atoms with Gasteiger partial charge in [0.1, 0.15) is 52.9 Å². The van der Waals surface area contributed by atoms with Gasteiger partial charge in [-0.3, -0.25) is 9.59 Å². The van der Waals surface area contributed by atoms with Crippen LogP contribution in [0.5, 0.6) is 0 Å². The molecule has 8 N–H and O–H groups in total. The third-order valence-corrected chi connectivity index (χ3v) is 8.29. The zero-order valence-corrected chi connectivity index (χ0v) is 21.9. The lowest BCUT2D eigenvalue weighted by Crippen LogP contribution is -2.67. The van der Waals surface area contributed by atoms with E-state index in [-0.39, 0.29) is 0 Å². The van der Waals surface area contributed by atoms with E-state index in [1.165, 1.54) is 37.4 Å². The molecule has 35 heavy (non-hydrogen) atoms. The summed E-state index contributed by atoms with van der Waals surface area (Å²) in [7, 11) is 0. The average Bonchev–Trinajstić information content (AvgIpc) is 2.82. The van der Waals surface area contributed by atoms with Crippen molar-refractivity contribution in [3.05, 3.63) is 0 Å². The number of carbonyl (C=O) groups excluding carboxylic acids is 2. The van der Waals surface area contributed by atoms with E-state index in [9.17, 15) is 40.2 Å². The fourth-order valence-corrected chi connectivity index (χ4v) is 5.82. The van der Waals surface area contributed by atoms with Gasteiger partial charge in [-0.05, 0) is 25.4 Å². The van der Waals surface area contributed by atoms with Gasteiger partial charge in [0.25, 0.3) is 0 Å². The first-order chi connectivity index (χ1) is 16.4. The molecule has 0 aromatic rings. The van der Waals surface area contributed by atoms with Gasteiger partial charge in [0.15, 0.2) is 0 Å². The molecule has 2 saturated heterocycles. The fourth-order valence-electron chi connectivity index (χ4n) is 3.85. The SMILES string of the molecule is CCS[C@@H]1O[C@H](CO)[C@@H](O)[C@H](O)[C@H]1NC(=O)C(C)(C)C(=O)N[C@@H]1[C@@H](O)[C@H](O)[C@@H](CO)O[C@H]1SCC. The van der Waals surface area contributed by atoms with Crippen molar-refractivity contribution in [1.82, 2.24) is 10.6 Å². The molecule has 0 unspecified atom stereocenters. The van der Waals surface area contributed by atoms with Crippen LogP contribution in [-0.2, 0) is 19.1 Å². The van der Waals surface area contributed by atoms with Crippen molar-refractivity contribution in [3.63, 3.8) is 0 Å². The van der Waals surface area contributed by atoms with Crippen molar-refractivity contribution in [2.24, 2.45) is 5.41 Å². The Morgan fingerprint density at radius 1 is 0.743 bits per heavy atom. The molecule has 2 rings (SSSR count). The molecule has 0 aliphatic carbocycles. The Hall–Kier alpha value is -0.680. The maximum Gasteiger partial charge on any atom is 0.235 e. The van der Waals surface area contributed by atoms with Crippen LogP contribution >= 0.6 is 23.5 Å². The topological polar surface area (TPSA) is 198 Å². The highest BCUT2D eigenvalue weighted by molar-refractivity contribution is 8.00. The van der Waals surface area contributed by atoms with Crippen molar-refractivity contribution >= 4 is 35.3 Å². The molecule has 0 aromatic carbocycles. The summed E-state index contributed by atoms with van der Waals surface area (Å²) in [4.78, 5) is 26.3. The number of aliphatic hydroxyl groups is 6. The van der Waals surface area contributed by atoms with Crippen molar-refractivity contribution in [2.45, 2.75) is 87.3 Å². The van der Waals surface area contributed by atoms with Gasteiger partial charge in [-0.15, -0.1) is 23.5 Å². The molecule has 0 aromatic heterocycles. The summed E-state index contributed by atoms with van der Waals surface area (Å²) in [6.07, 6.45) is -7.83. The number of ether oxygens (including phenoxy) is 2. The zero-order chi connectivity index (χ0) is 26.5. The molecule has 2 aliphatic rings. The zero-order valence-electron chi connectivity index (χ0n) is 20.2. The number of amides is 2. The molecule has 204 valence electrons. The molecule has 10 atom stereocenters. The van der Waals surface area contributed by atoms with Gasteiger partial charge in [0, 0.05) is 0 Å². The second-order valence-corrected chi connectivity index (χ2v) is 11.7. The maximum absolute atomic E-state index is 13.2. The number of hydrogen-bond donors (Lipinski definition) is 8. The second kappa shape index (κ2) is 13.2. The molecule has 0 radical (unpaired) electrons. The minimum atomic E-state index is -1.69. The van der Waals surface area contributed by atoms with Crippen molar-refractivity contribution < 1.29 is 49.7 Å². The van der Waals surface area contributed by atoms with Gasteiger partial charge in [0.2, 0.25) is 11.8 Å². The molecule has 0 spiro atoms. The quantitative estimate of drug-likeness (QED) is 0.134. The second-order valence-electron chi connectivity index (χ2n) is 8.95. The predicted molar refractivity (Wildman–Crippen MR) is 129 cm³/mol. The number of nitrogens with one attached hydrogen (secondary N) is 2. The average molecular weight is 543 g/mol. The van der Waals surface area contributed by atoms with E-state index in [2.05, 4.69) is 10.6 Å². The minimum absolute atomic E-state index is 0.515. The molecule has 2 heterocycles. The van der Waals surface area contributed by atoms with Crippen molar-refractivity contribution in [1.29, 1.82) is 0 Å². The Labute approximate surface area is 213 Å². The van der Waals surface area contributed by atoms with Crippen LogP contribution < -0.4 is 10.6 Å². The smallest absolute Gasteiger partial charge is 0.235 e. The molecule has 0 saturated carbocycles. The van der Waals surface area contributed by atoms with Gasteiger partial charge in [-0.25, -0.2) is 0 Å². The third-order valence-electron chi connectivity index (χ3n) is 6.15. The normalized spacial score (nSPS) is 38.1. The van der Waals surface area contributed by atoms with E-state index in [0.29, 0.717) is 11.5 Å². The first-order valence-electron chi connectivity index (χ1n) is 11.5. The summed E-state index contributed by atoms with van der Waals surface area (Å²) in [5, 5.41) is 65.7. The van der Waals surface area contributed by atoms with E-state index in [1.807, 2.05) is 13.8 Å². The van der Waals surface area contributed by atoms with Gasteiger partial charge >= 0.3 is 0 Å². The van der Waals surface area contributed by atoms with Crippen LogP contribution in [0.25, 0.3) is 0 Å². The maximum atomic E-state index is 13.2. The fraction of sp³-hybridized carbons (Fsp3) is 0.905. The first kappa shape index (κ1) is 30.5. The number of hydrogen-bond acceptors (Lipinski definition) is 12. The van der Waals surface area contributed by atoms with Crippen LogP contribution in [0.15, 0.2) is 0 Å². The van der Waals surface area contributed by atoms with E-state index in [1.54, 1.807) is 0 Å². The highest BCUT2D eigenvalue weighted by atomic mass is 32.2. The Bertz CT molecular complexity index is 662. The van der Waals surface area contributed by atoms with E-state index < -0.39 is 90.0 Å². The molecule has 2 aliphatic heterocycles. The van der Waals surface area contributed by atoms with Crippen LogP contribution in [0.3, 0.4) is 0 Å².